The number of rotatable bonds is 3. The standard InChI is InChI=1S/C25H24O2/c1-3-15-10-22(24-20-8-7-19(14-20)23(24)11-15)18-6-4-17-13-21(25(26)27-2)9-5-16(17)12-18/h4-6,9-13,19-20H,3,7-8,14H2,1-2H3. The molecule has 1 fully saturated rings. The SMILES string of the molecule is CCc1cc(-c2ccc3cc(C(=O)OC)ccc3c2)c2c(c1)C1CCC2C1. The summed E-state index contributed by atoms with van der Waals surface area (Å²) < 4.78 is 4.84. The van der Waals surface area contributed by atoms with Crippen LogP contribution in [0, 0.1) is 0 Å². The summed E-state index contributed by atoms with van der Waals surface area (Å²) in [5.41, 5.74) is 7.99. The molecule has 2 unspecified atom stereocenters. The van der Waals surface area contributed by atoms with Crippen molar-refractivity contribution in [3.05, 3.63) is 70.8 Å². The van der Waals surface area contributed by atoms with E-state index in [0.717, 1.165) is 23.6 Å². The smallest absolute Gasteiger partial charge is 0.337 e. The first-order chi connectivity index (χ1) is 13.2. The van der Waals surface area contributed by atoms with Crippen molar-refractivity contribution in [3.8, 4) is 11.1 Å². The van der Waals surface area contributed by atoms with Gasteiger partial charge in [0.25, 0.3) is 0 Å². The first-order valence-electron chi connectivity index (χ1n) is 9.97. The summed E-state index contributed by atoms with van der Waals surface area (Å²) in [6, 6.07) is 17.3. The highest BCUT2D eigenvalue weighted by Gasteiger charge is 2.38. The molecule has 2 nitrogen and oxygen atoms in total. The van der Waals surface area contributed by atoms with Crippen molar-refractivity contribution in [3.63, 3.8) is 0 Å². The van der Waals surface area contributed by atoms with Gasteiger partial charge in [0.15, 0.2) is 0 Å². The Morgan fingerprint density at radius 2 is 1.78 bits per heavy atom. The Labute approximate surface area is 160 Å². The molecule has 0 radical (unpaired) electrons. The number of esters is 1. The van der Waals surface area contributed by atoms with Gasteiger partial charge in [-0.05, 0) is 94.3 Å². The summed E-state index contributed by atoms with van der Waals surface area (Å²) in [5, 5.41) is 2.24. The van der Waals surface area contributed by atoms with E-state index in [4.69, 9.17) is 4.74 Å². The van der Waals surface area contributed by atoms with Crippen molar-refractivity contribution in [2.24, 2.45) is 0 Å². The number of hydrogen-bond donors (Lipinski definition) is 0. The number of hydrogen-bond acceptors (Lipinski definition) is 2. The molecule has 0 aromatic heterocycles. The van der Waals surface area contributed by atoms with Gasteiger partial charge in [-0.25, -0.2) is 4.79 Å². The second-order valence-corrected chi connectivity index (χ2v) is 7.98. The number of benzene rings is 3. The molecule has 0 N–H and O–H groups in total. The highest BCUT2D eigenvalue weighted by molar-refractivity contribution is 5.96. The number of carbonyl (C=O) groups is 1. The van der Waals surface area contributed by atoms with Crippen LogP contribution in [0.5, 0.6) is 0 Å². The van der Waals surface area contributed by atoms with Crippen LogP contribution in [0.2, 0.25) is 0 Å². The van der Waals surface area contributed by atoms with Crippen molar-refractivity contribution in [2.45, 2.75) is 44.4 Å². The predicted molar refractivity (Wildman–Crippen MR) is 109 cm³/mol. The van der Waals surface area contributed by atoms with Gasteiger partial charge in [-0.1, -0.05) is 37.3 Å². The van der Waals surface area contributed by atoms with Gasteiger partial charge in [-0.3, -0.25) is 0 Å². The Morgan fingerprint density at radius 3 is 2.59 bits per heavy atom. The molecule has 2 aliphatic rings. The highest BCUT2D eigenvalue weighted by Crippen LogP contribution is 2.56. The summed E-state index contributed by atoms with van der Waals surface area (Å²) in [6.45, 7) is 2.24. The maximum atomic E-state index is 11.8. The van der Waals surface area contributed by atoms with Gasteiger partial charge in [-0.2, -0.15) is 0 Å². The van der Waals surface area contributed by atoms with Gasteiger partial charge in [-0.15, -0.1) is 0 Å². The Hall–Kier alpha value is -2.61. The molecule has 136 valence electrons. The maximum absolute atomic E-state index is 11.8. The Balaban J connectivity index is 1.65. The van der Waals surface area contributed by atoms with Gasteiger partial charge in [0.1, 0.15) is 0 Å². The minimum absolute atomic E-state index is 0.287. The predicted octanol–water partition coefficient (Wildman–Crippen LogP) is 6.22. The van der Waals surface area contributed by atoms with Crippen molar-refractivity contribution < 1.29 is 9.53 Å². The Morgan fingerprint density at radius 1 is 1.00 bits per heavy atom. The lowest BCUT2D eigenvalue weighted by atomic mass is 9.83. The molecule has 1 saturated carbocycles. The molecule has 0 heterocycles. The number of ether oxygens (including phenoxy) is 1. The molecular weight excluding hydrogens is 332 g/mol. The van der Waals surface area contributed by atoms with Crippen molar-refractivity contribution in [2.75, 3.05) is 7.11 Å². The zero-order valence-corrected chi connectivity index (χ0v) is 15.9. The van der Waals surface area contributed by atoms with Crippen LogP contribution < -0.4 is 0 Å². The lowest BCUT2D eigenvalue weighted by Gasteiger charge is -2.21. The van der Waals surface area contributed by atoms with E-state index in [1.807, 2.05) is 18.2 Å². The molecule has 0 saturated heterocycles. The normalized spacial score (nSPS) is 20.1. The van der Waals surface area contributed by atoms with E-state index in [0.29, 0.717) is 5.56 Å². The minimum atomic E-state index is -0.287. The van der Waals surface area contributed by atoms with Gasteiger partial charge >= 0.3 is 5.97 Å². The number of carbonyl (C=O) groups excluding carboxylic acids is 1. The monoisotopic (exact) mass is 356 g/mol. The third-order valence-electron chi connectivity index (χ3n) is 6.53. The lowest BCUT2D eigenvalue weighted by Crippen LogP contribution is -2.02. The third kappa shape index (κ3) is 2.58. The number of aryl methyl sites for hydroxylation is 1. The molecule has 0 spiro atoms. The lowest BCUT2D eigenvalue weighted by molar-refractivity contribution is 0.0601. The fourth-order valence-corrected chi connectivity index (χ4v) is 5.16. The number of fused-ring (bicyclic) bond motifs is 6. The molecule has 0 aliphatic heterocycles. The van der Waals surface area contributed by atoms with Crippen molar-refractivity contribution >= 4 is 16.7 Å². The van der Waals surface area contributed by atoms with Gasteiger partial charge in [0.05, 0.1) is 12.7 Å². The van der Waals surface area contributed by atoms with E-state index in [9.17, 15) is 4.79 Å². The molecule has 2 atom stereocenters. The zero-order chi connectivity index (χ0) is 18.5. The second kappa shape index (κ2) is 6.23. The third-order valence-corrected chi connectivity index (χ3v) is 6.53. The molecule has 27 heavy (non-hydrogen) atoms. The fourth-order valence-electron chi connectivity index (χ4n) is 5.16. The average molecular weight is 356 g/mol. The summed E-state index contributed by atoms with van der Waals surface area (Å²) in [4.78, 5) is 11.8. The van der Waals surface area contributed by atoms with E-state index in [1.54, 1.807) is 11.1 Å². The van der Waals surface area contributed by atoms with Crippen LogP contribution in [0.1, 0.15) is 65.1 Å². The molecule has 3 aromatic carbocycles. The maximum Gasteiger partial charge on any atom is 0.337 e. The largest absolute Gasteiger partial charge is 0.465 e. The quantitative estimate of drug-likeness (QED) is 0.521. The zero-order valence-electron chi connectivity index (χ0n) is 15.9. The van der Waals surface area contributed by atoms with Crippen molar-refractivity contribution in [1.82, 2.24) is 0 Å². The van der Waals surface area contributed by atoms with Crippen LogP contribution in [0.15, 0.2) is 48.5 Å². The van der Waals surface area contributed by atoms with E-state index in [2.05, 4.69) is 37.3 Å². The Bertz CT molecular complexity index is 1060. The Kier molecular flexibility index (Phi) is 3.82. The van der Waals surface area contributed by atoms with Crippen LogP contribution in [-0.2, 0) is 11.2 Å². The molecule has 0 amide bonds. The fraction of sp³-hybridized carbons (Fsp3) is 0.320. The molecule has 2 bridgehead atoms. The first kappa shape index (κ1) is 16.6. The van der Waals surface area contributed by atoms with E-state index in [-0.39, 0.29) is 5.97 Å². The van der Waals surface area contributed by atoms with Gasteiger partial charge < -0.3 is 4.74 Å². The van der Waals surface area contributed by atoms with Crippen LogP contribution >= 0.6 is 0 Å². The van der Waals surface area contributed by atoms with Crippen LogP contribution in [0.4, 0.5) is 0 Å². The van der Waals surface area contributed by atoms with E-state index in [1.165, 1.54) is 48.4 Å². The second-order valence-electron chi connectivity index (χ2n) is 7.98. The van der Waals surface area contributed by atoms with E-state index >= 15 is 0 Å². The topological polar surface area (TPSA) is 26.3 Å². The summed E-state index contributed by atoms with van der Waals surface area (Å²) in [7, 11) is 1.42. The van der Waals surface area contributed by atoms with Crippen LogP contribution in [0.3, 0.4) is 0 Å². The molecule has 2 heteroatoms. The van der Waals surface area contributed by atoms with Crippen molar-refractivity contribution in [1.29, 1.82) is 0 Å². The number of methoxy groups -OCH3 is 1. The summed E-state index contributed by atoms with van der Waals surface area (Å²) >= 11 is 0. The molecule has 5 rings (SSSR count). The summed E-state index contributed by atoms with van der Waals surface area (Å²) in [6.07, 6.45) is 5.11. The molecule has 3 aromatic rings. The molecular formula is C25H24O2. The highest BCUT2D eigenvalue weighted by atomic mass is 16.5. The average Bonchev–Trinajstić information content (AvgIpc) is 3.34. The van der Waals surface area contributed by atoms with Gasteiger partial charge in [0, 0.05) is 0 Å². The van der Waals surface area contributed by atoms with Crippen LogP contribution in [0.25, 0.3) is 21.9 Å². The van der Waals surface area contributed by atoms with Crippen LogP contribution in [-0.4, -0.2) is 13.1 Å². The van der Waals surface area contributed by atoms with Gasteiger partial charge in [0.2, 0.25) is 0 Å². The first-order valence-corrected chi connectivity index (χ1v) is 9.97. The minimum Gasteiger partial charge on any atom is -0.465 e. The van der Waals surface area contributed by atoms with E-state index < -0.39 is 0 Å². The summed E-state index contributed by atoms with van der Waals surface area (Å²) in [5.74, 6) is 1.23. The molecule has 2 aliphatic carbocycles.